The number of nitrogens with two attached hydrogens (primary N) is 1. The highest BCUT2D eigenvalue weighted by atomic mass is 35.5. The van der Waals surface area contributed by atoms with Crippen LogP contribution in [-0.2, 0) is 0 Å². The summed E-state index contributed by atoms with van der Waals surface area (Å²) in [7, 11) is 0. The number of hydrogen-bond donors (Lipinski definition) is 1. The second-order valence-corrected chi connectivity index (χ2v) is 4.02. The molecule has 2 N–H and O–H groups in total. The third kappa shape index (κ3) is 2.40. The lowest BCUT2D eigenvalue weighted by Crippen LogP contribution is -2.11. The second kappa shape index (κ2) is 4.64. The van der Waals surface area contributed by atoms with Gasteiger partial charge in [-0.25, -0.2) is 4.39 Å². The minimum Gasteiger partial charge on any atom is -0.320 e. The van der Waals surface area contributed by atoms with Gasteiger partial charge >= 0.3 is 0 Å². The van der Waals surface area contributed by atoms with Crippen molar-refractivity contribution < 1.29 is 4.39 Å². The fourth-order valence-corrected chi connectivity index (χ4v) is 1.69. The van der Waals surface area contributed by atoms with E-state index in [-0.39, 0.29) is 11.9 Å². The van der Waals surface area contributed by atoms with E-state index in [2.05, 4.69) is 0 Å². The summed E-state index contributed by atoms with van der Waals surface area (Å²) < 4.78 is 13.0. The van der Waals surface area contributed by atoms with Gasteiger partial charge in [0.05, 0.1) is 6.04 Å². The summed E-state index contributed by atoms with van der Waals surface area (Å²) in [5.41, 5.74) is 7.69. The minimum atomic E-state index is -0.326. The number of hydrogen-bond acceptors (Lipinski definition) is 1. The molecule has 0 aliphatic rings. The van der Waals surface area contributed by atoms with Gasteiger partial charge < -0.3 is 5.73 Å². The molecular formula is C13H11ClFN. The molecule has 3 heteroatoms. The van der Waals surface area contributed by atoms with E-state index in [0.717, 1.165) is 11.1 Å². The van der Waals surface area contributed by atoms with Gasteiger partial charge in [0.15, 0.2) is 0 Å². The summed E-state index contributed by atoms with van der Waals surface area (Å²) in [5, 5.41) is 0.662. The van der Waals surface area contributed by atoms with Gasteiger partial charge in [0.1, 0.15) is 5.82 Å². The second-order valence-electron chi connectivity index (χ2n) is 3.58. The van der Waals surface area contributed by atoms with Gasteiger partial charge in [-0.15, -0.1) is 0 Å². The summed E-state index contributed by atoms with van der Waals surface area (Å²) >= 11 is 5.79. The van der Waals surface area contributed by atoms with Crippen LogP contribution in [0, 0.1) is 5.82 Å². The van der Waals surface area contributed by atoms with E-state index < -0.39 is 0 Å². The molecule has 0 bridgehead atoms. The van der Waals surface area contributed by atoms with Crippen LogP contribution < -0.4 is 5.73 Å². The smallest absolute Gasteiger partial charge is 0.123 e. The van der Waals surface area contributed by atoms with Gasteiger partial charge in [-0.3, -0.25) is 0 Å². The van der Waals surface area contributed by atoms with E-state index in [1.807, 2.05) is 18.2 Å². The van der Waals surface area contributed by atoms with Crippen LogP contribution in [0.4, 0.5) is 4.39 Å². The van der Waals surface area contributed by atoms with Crippen LogP contribution in [-0.4, -0.2) is 0 Å². The lowest BCUT2D eigenvalue weighted by Gasteiger charge is -2.12. The molecule has 0 fully saturated rings. The van der Waals surface area contributed by atoms with Gasteiger partial charge in [0.25, 0.3) is 0 Å². The van der Waals surface area contributed by atoms with Crippen LogP contribution in [0.1, 0.15) is 17.2 Å². The number of rotatable bonds is 2. The predicted molar refractivity (Wildman–Crippen MR) is 63.9 cm³/mol. The van der Waals surface area contributed by atoms with Gasteiger partial charge in [-0.05, 0) is 35.4 Å². The average Bonchev–Trinajstić information content (AvgIpc) is 2.29. The van der Waals surface area contributed by atoms with Gasteiger partial charge in [-0.2, -0.15) is 0 Å². The van der Waals surface area contributed by atoms with Crippen LogP contribution >= 0.6 is 11.6 Å². The van der Waals surface area contributed by atoms with Crippen molar-refractivity contribution in [3.63, 3.8) is 0 Å². The number of benzene rings is 2. The molecule has 1 unspecified atom stereocenters. The quantitative estimate of drug-likeness (QED) is 0.847. The highest BCUT2D eigenvalue weighted by molar-refractivity contribution is 6.30. The lowest BCUT2D eigenvalue weighted by atomic mass is 10.00. The van der Waals surface area contributed by atoms with Crippen molar-refractivity contribution in [1.82, 2.24) is 0 Å². The zero-order valence-corrected chi connectivity index (χ0v) is 9.29. The molecule has 0 saturated heterocycles. The average molecular weight is 236 g/mol. The molecule has 2 rings (SSSR count). The van der Waals surface area contributed by atoms with E-state index >= 15 is 0 Å². The fourth-order valence-electron chi connectivity index (χ4n) is 1.56. The zero-order chi connectivity index (χ0) is 11.5. The van der Waals surface area contributed by atoms with Crippen LogP contribution in [0.15, 0.2) is 48.5 Å². The predicted octanol–water partition coefficient (Wildman–Crippen LogP) is 3.53. The standard InChI is InChI=1S/C13H11ClFN/c14-11-6-4-9(5-7-11)13(16)10-2-1-3-12(15)8-10/h1-8,13H,16H2. The molecule has 16 heavy (non-hydrogen) atoms. The Morgan fingerprint density at radius 2 is 1.69 bits per heavy atom. The van der Waals surface area contributed by atoms with Crippen LogP contribution in [0.3, 0.4) is 0 Å². The Morgan fingerprint density at radius 1 is 1.00 bits per heavy atom. The third-order valence-electron chi connectivity index (χ3n) is 2.44. The molecule has 0 spiro atoms. The topological polar surface area (TPSA) is 26.0 Å². The molecule has 0 amide bonds. The van der Waals surface area contributed by atoms with Crippen molar-refractivity contribution in [1.29, 1.82) is 0 Å². The largest absolute Gasteiger partial charge is 0.320 e. The molecular weight excluding hydrogens is 225 g/mol. The zero-order valence-electron chi connectivity index (χ0n) is 8.53. The van der Waals surface area contributed by atoms with Gasteiger partial charge in [0, 0.05) is 5.02 Å². The molecule has 0 aliphatic heterocycles. The highest BCUT2D eigenvalue weighted by Crippen LogP contribution is 2.21. The van der Waals surface area contributed by atoms with E-state index in [1.54, 1.807) is 18.2 Å². The molecule has 0 aromatic heterocycles. The van der Waals surface area contributed by atoms with Crippen LogP contribution in [0.2, 0.25) is 5.02 Å². The van der Waals surface area contributed by atoms with E-state index in [9.17, 15) is 4.39 Å². The monoisotopic (exact) mass is 235 g/mol. The van der Waals surface area contributed by atoms with Crippen molar-refractivity contribution >= 4 is 11.6 Å². The van der Waals surface area contributed by atoms with E-state index in [4.69, 9.17) is 17.3 Å². The van der Waals surface area contributed by atoms with Gasteiger partial charge in [-0.1, -0.05) is 35.9 Å². The summed E-state index contributed by atoms with van der Waals surface area (Å²) in [6.07, 6.45) is 0. The molecule has 2 aromatic carbocycles. The molecule has 1 nitrogen and oxygen atoms in total. The Labute approximate surface area is 98.7 Å². The first-order valence-electron chi connectivity index (χ1n) is 4.93. The molecule has 0 radical (unpaired) electrons. The van der Waals surface area contributed by atoms with Crippen molar-refractivity contribution in [2.75, 3.05) is 0 Å². The Bertz CT molecular complexity index is 482. The van der Waals surface area contributed by atoms with E-state index in [1.165, 1.54) is 12.1 Å². The molecule has 0 heterocycles. The Balaban J connectivity index is 2.31. The normalized spacial score (nSPS) is 12.4. The first-order valence-corrected chi connectivity index (χ1v) is 5.31. The lowest BCUT2D eigenvalue weighted by molar-refractivity contribution is 0.623. The highest BCUT2D eigenvalue weighted by Gasteiger charge is 2.08. The minimum absolute atomic E-state index is 0.276. The third-order valence-corrected chi connectivity index (χ3v) is 2.69. The summed E-state index contributed by atoms with van der Waals surface area (Å²) in [6, 6.07) is 13.2. The SMILES string of the molecule is NC(c1ccc(Cl)cc1)c1cccc(F)c1. The Kier molecular flexibility index (Phi) is 3.22. The van der Waals surface area contributed by atoms with Crippen molar-refractivity contribution in [2.24, 2.45) is 5.73 Å². The molecule has 1 atom stereocenters. The maximum Gasteiger partial charge on any atom is 0.123 e. The van der Waals surface area contributed by atoms with E-state index in [0.29, 0.717) is 5.02 Å². The molecule has 82 valence electrons. The maximum absolute atomic E-state index is 13.0. The van der Waals surface area contributed by atoms with Gasteiger partial charge in [0.2, 0.25) is 0 Å². The molecule has 0 saturated carbocycles. The Hall–Kier alpha value is -1.38. The number of halogens is 2. The summed E-state index contributed by atoms with van der Waals surface area (Å²) in [6.45, 7) is 0. The summed E-state index contributed by atoms with van der Waals surface area (Å²) in [4.78, 5) is 0. The fraction of sp³-hybridized carbons (Fsp3) is 0.0769. The maximum atomic E-state index is 13.0. The van der Waals surface area contributed by atoms with Crippen LogP contribution in [0.5, 0.6) is 0 Å². The first kappa shape index (κ1) is 11.1. The van der Waals surface area contributed by atoms with Crippen molar-refractivity contribution in [3.8, 4) is 0 Å². The first-order chi connectivity index (χ1) is 7.66. The van der Waals surface area contributed by atoms with Crippen molar-refractivity contribution in [3.05, 3.63) is 70.5 Å². The summed E-state index contributed by atoms with van der Waals surface area (Å²) in [5.74, 6) is -0.276. The Morgan fingerprint density at radius 3 is 2.31 bits per heavy atom. The molecule has 0 aliphatic carbocycles. The van der Waals surface area contributed by atoms with Crippen molar-refractivity contribution in [2.45, 2.75) is 6.04 Å². The molecule has 2 aromatic rings. The van der Waals surface area contributed by atoms with Crippen LogP contribution in [0.25, 0.3) is 0 Å².